The molecule has 3 heterocycles. The van der Waals surface area contributed by atoms with E-state index in [0.29, 0.717) is 30.6 Å². The fraction of sp³-hybridized carbons (Fsp3) is 0.519. The maximum Gasteiger partial charge on any atom is 0.254 e. The van der Waals surface area contributed by atoms with Gasteiger partial charge in [-0.25, -0.2) is 0 Å². The summed E-state index contributed by atoms with van der Waals surface area (Å²) < 4.78 is 27.5. The van der Waals surface area contributed by atoms with Gasteiger partial charge in [0.05, 0.1) is 20.8 Å². The largest absolute Gasteiger partial charge is 0.493 e. The highest BCUT2D eigenvalue weighted by Gasteiger charge is 2.31. The fourth-order valence-electron chi connectivity index (χ4n) is 5.27. The molecule has 0 saturated carbocycles. The van der Waals surface area contributed by atoms with E-state index in [1.165, 1.54) is 12.8 Å². The Balaban J connectivity index is 1.12. The first kappa shape index (κ1) is 23.6. The molecule has 1 unspecified atom stereocenters. The Morgan fingerprint density at radius 3 is 2.71 bits per heavy atom. The number of ether oxygens (including phenoxy) is 5. The molecule has 5 rings (SSSR count). The monoisotopic (exact) mass is 482 g/mol. The summed E-state index contributed by atoms with van der Waals surface area (Å²) in [5, 5.41) is 0. The molecule has 0 radical (unpaired) electrons. The van der Waals surface area contributed by atoms with Crippen LogP contribution in [0.2, 0.25) is 0 Å². The van der Waals surface area contributed by atoms with Gasteiger partial charge in [-0.3, -0.25) is 4.79 Å². The maximum atomic E-state index is 13.1. The van der Waals surface area contributed by atoms with Crippen LogP contribution in [0.3, 0.4) is 0 Å². The minimum atomic E-state index is 0.0916. The Kier molecular flexibility index (Phi) is 7.18. The fourth-order valence-corrected chi connectivity index (χ4v) is 5.27. The van der Waals surface area contributed by atoms with Crippen molar-refractivity contribution in [1.29, 1.82) is 0 Å². The van der Waals surface area contributed by atoms with Gasteiger partial charge in [-0.15, -0.1) is 0 Å². The van der Waals surface area contributed by atoms with Gasteiger partial charge in [-0.2, -0.15) is 0 Å². The SMILES string of the molecule is COc1cc2c(cc1OC)C(=O)N(CC1CCCCN(CCCOc3ccc4c(c3)OCO4)C1)C2. The van der Waals surface area contributed by atoms with E-state index in [2.05, 4.69) is 4.90 Å². The number of fused-ring (bicyclic) bond motifs is 2. The third-order valence-electron chi connectivity index (χ3n) is 7.05. The molecule has 0 spiro atoms. The topological polar surface area (TPSA) is 69.7 Å². The highest BCUT2D eigenvalue weighted by Crippen LogP contribution is 2.36. The van der Waals surface area contributed by atoms with Crippen LogP contribution in [0, 0.1) is 5.92 Å². The molecule has 1 amide bonds. The van der Waals surface area contributed by atoms with E-state index in [1.807, 2.05) is 35.2 Å². The summed E-state index contributed by atoms with van der Waals surface area (Å²) in [6.45, 7) is 5.44. The Morgan fingerprint density at radius 1 is 1.03 bits per heavy atom. The van der Waals surface area contributed by atoms with E-state index in [-0.39, 0.29) is 12.7 Å². The molecule has 8 heteroatoms. The number of carbonyl (C=O) groups is 1. The lowest BCUT2D eigenvalue weighted by atomic mass is 10.0. The van der Waals surface area contributed by atoms with Crippen LogP contribution in [-0.4, -0.2) is 69.5 Å². The van der Waals surface area contributed by atoms with Gasteiger partial charge in [-0.05, 0) is 61.6 Å². The Hall–Kier alpha value is -3.13. The molecule has 2 aromatic rings. The Labute approximate surface area is 206 Å². The minimum Gasteiger partial charge on any atom is -0.493 e. The average molecular weight is 483 g/mol. The number of methoxy groups -OCH3 is 2. The second kappa shape index (κ2) is 10.6. The van der Waals surface area contributed by atoms with Crippen molar-refractivity contribution in [3.8, 4) is 28.7 Å². The first-order chi connectivity index (χ1) is 17.1. The van der Waals surface area contributed by atoms with Crippen LogP contribution in [0.25, 0.3) is 0 Å². The van der Waals surface area contributed by atoms with Gasteiger partial charge in [-0.1, -0.05) is 6.42 Å². The highest BCUT2D eigenvalue weighted by atomic mass is 16.7. The lowest BCUT2D eigenvalue weighted by Crippen LogP contribution is -2.36. The van der Waals surface area contributed by atoms with Gasteiger partial charge in [0.25, 0.3) is 5.91 Å². The number of carbonyl (C=O) groups excluding carboxylic acids is 1. The summed E-state index contributed by atoms with van der Waals surface area (Å²) in [5.41, 5.74) is 1.74. The molecular formula is C27H34N2O6. The van der Waals surface area contributed by atoms with Crippen LogP contribution in [0.4, 0.5) is 0 Å². The minimum absolute atomic E-state index is 0.0916. The molecule has 8 nitrogen and oxygen atoms in total. The second-order valence-electron chi connectivity index (χ2n) is 9.43. The zero-order chi connectivity index (χ0) is 24.2. The highest BCUT2D eigenvalue weighted by molar-refractivity contribution is 5.99. The van der Waals surface area contributed by atoms with Gasteiger partial charge < -0.3 is 33.5 Å². The number of likely N-dealkylation sites (tertiary alicyclic amines) is 1. The number of benzene rings is 2. The standard InChI is InChI=1S/C27H34N2O6/c1-31-24-12-20-17-29(27(30)22(20)14-25(24)32-2)16-19-6-3-4-9-28(15-19)10-5-11-33-21-7-8-23-26(13-21)35-18-34-23/h7-8,12-14,19H,3-6,9-11,15-18H2,1-2H3. The van der Waals surface area contributed by atoms with E-state index in [9.17, 15) is 4.79 Å². The van der Waals surface area contributed by atoms with Crippen molar-refractivity contribution in [2.45, 2.75) is 32.2 Å². The van der Waals surface area contributed by atoms with E-state index in [0.717, 1.165) is 67.4 Å². The first-order valence-electron chi connectivity index (χ1n) is 12.4. The summed E-state index contributed by atoms with van der Waals surface area (Å²) in [4.78, 5) is 17.6. The predicted octanol–water partition coefficient (Wildman–Crippen LogP) is 3.96. The molecule has 188 valence electrons. The predicted molar refractivity (Wildman–Crippen MR) is 131 cm³/mol. The molecule has 1 fully saturated rings. The van der Waals surface area contributed by atoms with Gasteiger partial charge in [0.1, 0.15) is 5.75 Å². The molecule has 3 aliphatic rings. The summed E-state index contributed by atoms with van der Waals surface area (Å²) in [6, 6.07) is 9.45. The van der Waals surface area contributed by atoms with Crippen LogP contribution >= 0.6 is 0 Å². The van der Waals surface area contributed by atoms with Crippen LogP contribution in [0.15, 0.2) is 30.3 Å². The lowest BCUT2D eigenvalue weighted by molar-refractivity contribution is 0.0735. The number of rotatable bonds is 9. The van der Waals surface area contributed by atoms with Gasteiger partial charge >= 0.3 is 0 Å². The maximum absolute atomic E-state index is 13.1. The summed E-state index contributed by atoms with van der Waals surface area (Å²) >= 11 is 0. The molecule has 0 aliphatic carbocycles. The van der Waals surface area contributed by atoms with Gasteiger partial charge in [0, 0.05) is 37.8 Å². The van der Waals surface area contributed by atoms with Crippen molar-refractivity contribution in [1.82, 2.24) is 9.80 Å². The van der Waals surface area contributed by atoms with Gasteiger partial charge in [0.15, 0.2) is 23.0 Å². The second-order valence-corrected chi connectivity index (χ2v) is 9.43. The van der Waals surface area contributed by atoms with Crippen molar-refractivity contribution < 1.29 is 28.5 Å². The lowest BCUT2D eigenvalue weighted by Gasteiger charge is -2.27. The van der Waals surface area contributed by atoms with E-state index in [4.69, 9.17) is 23.7 Å². The third-order valence-corrected chi connectivity index (χ3v) is 7.05. The van der Waals surface area contributed by atoms with E-state index in [1.54, 1.807) is 14.2 Å². The zero-order valence-corrected chi connectivity index (χ0v) is 20.6. The van der Waals surface area contributed by atoms with Crippen LogP contribution in [0.1, 0.15) is 41.6 Å². The Bertz CT molecular complexity index is 1060. The summed E-state index contributed by atoms with van der Waals surface area (Å²) in [7, 11) is 3.22. The Morgan fingerprint density at radius 2 is 1.86 bits per heavy atom. The average Bonchev–Trinajstić information content (AvgIpc) is 3.38. The molecule has 2 aromatic carbocycles. The van der Waals surface area contributed by atoms with Crippen molar-refractivity contribution in [3.05, 3.63) is 41.5 Å². The van der Waals surface area contributed by atoms with Crippen LogP contribution < -0.4 is 23.7 Å². The summed E-state index contributed by atoms with van der Waals surface area (Å²) in [5.74, 6) is 4.15. The first-order valence-corrected chi connectivity index (χ1v) is 12.4. The smallest absolute Gasteiger partial charge is 0.254 e. The quantitative estimate of drug-likeness (QED) is 0.501. The third kappa shape index (κ3) is 5.27. The normalized spacial score (nSPS) is 19.4. The number of nitrogens with zero attached hydrogens (tertiary/aromatic N) is 2. The van der Waals surface area contributed by atoms with Crippen molar-refractivity contribution >= 4 is 5.91 Å². The molecule has 0 bridgehead atoms. The van der Waals surface area contributed by atoms with Gasteiger partial charge in [0.2, 0.25) is 6.79 Å². The zero-order valence-electron chi connectivity index (χ0n) is 20.6. The molecule has 1 atom stereocenters. The molecule has 1 saturated heterocycles. The molecule has 0 aromatic heterocycles. The van der Waals surface area contributed by atoms with Crippen LogP contribution in [-0.2, 0) is 6.54 Å². The van der Waals surface area contributed by atoms with Crippen molar-refractivity contribution in [3.63, 3.8) is 0 Å². The van der Waals surface area contributed by atoms with Crippen molar-refractivity contribution in [2.24, 2.45) is 5.92 Å². The number of amides is 1. The number of hydrogen-bond acceptors (Lipinski definition) is 7. The van der Waals surface area contributed by atoms with Crippen LogP contribution in [0.5, 0.6) is 28.7 Å². The van der Waals surface area contributed by atoms with E-state index < -0.39 is 0 Å². The molecule has 3 aliphatic heterocycles. The number of hydrogen-bond donors (Lipinski definition) is 0. The molecular weight excluding hydrogens is 448 g/mol. The van der Waals surface area contributed by atoms with E-state index >= 15 is 0 Å². The summed E-state index contributed by atoms with van der Waals surface area (Å²) in [6.07, 6.45) is 4.50. The molecule has 0 N–H and O–H groups in total. The molecule has 35 heavy (non-hydrogen) atoms. The van der Waals surface area contributed by atoms with Crippen molar-refractivity contribution in [2.75, 3.05) is 53.8 Å².